The fourth-order valence-electron chi connectivity index (χ4n) is 2.26. The van der Waals surface area contributed by atoms with Crippen molar-refractivity contribution in [3.63, 3.8) is 0 Å². The Hall–Kier alpha value is -3.28. The molecule has 1 aromatic heterocycles. The normalized spacial score (nSPS) is 10.4. The Bertz CT molecular complexity index is 892. The quantitative estimate of drug-likeness (QED) is 0.748. The SMILES string of the molecule is Cc1cccc(NC(=O)c2cnc(Nc3ccc(F)cc3)cn2)c1C. The first-order valence-electron chi connectivity index (χ1n) is 7.75. The molecular formula is C19H17FN4O. The van der Waals surface area contributed by atoms with Gasteiger partial charge < -0.3 is 10.6 Å². The van der Waals surface area contributed by atoms with E-state index in [4.69, 9.17) is 0 Å². The first kappa shape index (κ1) is 16.6. The molecule has 0 aliphatic rings. The molecule has 0 unspecified atom stereocenters. The van der Waals surface area contributed by atoms with Gasteiger partial charge in [0.2, 0.25) is 0 Å². The van der Waals surface area contributed by atoms with Gasteiger partial charge in [-0.3, -0.25) is 4.79 Å². The monoisotopic (exact) mass is 336 g/mol. The summed E-state index contributed by atoms with van der Waals surface area (Å²) in [5.41, 5.74) is 3.76. The number of hydrogen-bond donors (Lipinski definition) is 2. The molecule has 3 rings (SSSR count). The Morgan fingerprint density at radius 3 is 2.44 bits per heavy atom. The first-order chi connectivity index (χ1) is 12.0. The fraction of sp³-hybridized carbons (Fsp3) is 0.105. The summed E-state index contributed by atoms with van der Waals surface area (Å²) in [6.07, 6.45) is 2.85. The predicted octanol–water partition coefficient (Wildman–Crippen LogP) is 4.23. The van der Waals surface area contributed by atoms with Gasteiger partial charge in [0, 0.05) is 11.4 Å². The van der Waals surface area contributed by atoms with E-state index in [9.17, 15) is 9.18 Å². The molecule has 0 saturated heterocycles. The van der Waals surface area contributed by atoms with Crippen LogP contribution < -0.4 is 10.6 Å². The number of nitrogens with one attached hydrogen (secondary N) is 2. The van der Waals surface area contributed by atoms with Crippen molar-refractivity contribution in [1.29, 1.82) is 0 Å². The molecule has 0 bridgehead atoms. The van der Waals surface area contributed by atoms with Crippen molar-refractivity contribution in [1.82, 2.24) is 9.97 Å². The Morgan fingerprint density at radius 2 is 1.76 bits per heavy atom. The van der Waals surface area contributed by atoms with Crippen LogP contribution >= 0.6 is 0 Å². The average Bonchev–Trinajstić information content (AvgIpc) is 2.61. The number of nitrogens with zero attached hydrogens (tertiary/aromatic N) is 2. The number of halogens is 1. The molecule has 1 heterocycles. The minimum absolute atomic E-state index is 0.213. The summed E-state index contributed by atoms with van der Waals surface area (Å²) in [5.74, 6) is -0.167. The standard InChI is InChI=1S/C19H17FN4O/c1-12-4-3-5-16(13(12)2)24-19(25)17-10-22-18(11-21-17)23-15-8-6-14(20)7-9-15/h3-11H,1-2H3,(H,22,23)(H,24,25). The molecule has 1 amide bonds. The zero-order valence-electron chi connectivity index (χ0n) is 13.9. The van der Waals surface area contributed by atoms with Crippen LogP contribution in [0.4, 0.5) is 21.6 Å². The zero-order chi connectivity index (χ0) is 17.8. The van der Waals surface area contributed by atoms with E-state index in [1.165, 1.54) is 24.5 Å². The highest BCUT2D eigenvalue weighted by Crippen LogP contribution is 2.19. The van der Waals surface area contributed by atoms with Gasteiger partial charge in [0.25, 0.3) is 5.91 Å². The van der Waals surface area contributed by atoms with Crippen molar-refractivity contribution in [3.05, 3.63) is 77.5 Å². The van der Waals surface area contributed by atoms with E-state index in [2.05, 4.69) is 20.6 Å². The largest absolute Gasteiger partial charge is 0.339 e. The van der Waals surface area contributed by atoms with Crippen molar-refractivity contribution in [2.75, 3.05) is 10.6 Å². The lowest BCUT2D eigenvalue weighted by molar-refractivity contribution is 0.102. The van der Waals surface area contributed by atoms with E-state index in [-0.39, 0.29) is 17.4 Å². The smallest absolute Gasteiger partial charge is 0.275 e. The lowest BCUT2D eigenvalue weighted by atomic mass is 10.1. The maximum atomic E-state index is 12.9. The average molecular weight is 336 g/mol. The molecule has 2 aromatic carbocycles. The second kappa shape index (κ2) is 7.09. The van der Waals surface area contributed by atoms with E-state index in [0.717, 1.165) is 16.8 Å². The van der Waals surface area contributed by atoms with Crippen molar-refractivity contribution < 1.29 is 9.18 Å². The second-order valence-corrected chi connectivity index (χ2v) is 5.62. The Morgan fingerprint density at radius 1 is 1.00 bits per heavy atom. The number of anilines is 3. The number of carbonyl (C=O) groups excluding carboxylic acids is 1. The van der Waals surface area contributed by atoms with Crippen molar-refractivity contribution in [2.45, 2.75) is 13.8 Å². The van der Waals surface area contributed by atoms with Crippen molar-refractivity contribution >= 4 is 23.1 Å². The third kappa shape index (κ3) is 3.98. The van der Waals surface area contributed by atoms with Crippen molar-refractivity contribution in [3.8, 4) is 0 Å². The molecule has 0 aliphatic heterocycles. The minimum Gasteiger partial charge on any atom is -0.339 e. The van der Waals surface area contributed by atoms with E-state index in [0.29, 0.717) is 11.5 Å². The van der Waals surface area contributed by atoms with Crippen LogP contribution in [0.3, 0.4) is 0 Å². The third-order valence-corrected chi connectivity index (χ3v) is 3.85. The molecule has 6 heteroatoms. The summed E-state index contributed by atoms with van der Waals surface area (Å²) in [5, 5.41) is 5.83. The fourth-order valence-corrected chi connectivity index (χ4v) is 2.26. The Balaban J connectivity index is 1.70. The highest BCUT2D eigenvalue weighted by Gasteiger charge is 2.10. The molecule has 0 radical (unpaired) electrons. The van der Waals surface area contributed by atoms with Crippen molar-refractivity contribution in [2.24, 2.45) is 0 Å². The molecule has 0 aliphatic carbocycles. The van der Waals surface area contributed by atoms with E-state index >= 15 is 0 Å². The second-order valence-electron chi connectivity index (χ2n) is 5.62. The molecular weight excluding hydrogens is 319 g/mol. The van der Waals surface area contributed by atoms with Gasteiger partial charge >= 0.3 is 0 Å². The molecule has 0 fully saturated rings. The summed E-state index contributed by atoms with van der Waals surface area (Å²) in [4.78, 5) is 20.6. The maximum Gasteiger partial charge on any atom is 0.275 e. The topological polar surface area (TPSA) is 66.9 Å². The van der Waals surface area contributed by atoms with Crippen LogP contribution in [0, 0.1) is 19.7 Å². The molecule has 5 nitrogen and oxygen atoms in total. The third-order valence-electron chi connectivity index (χ3n) is 3.85. The molecule has 0 spiro atoms. The summed E-state index contributed by atoms with van der Waals surface area (Å²) < 4.78 is 12.9. The zero-order valence-corrected chi connectivity index (χ0v) is 13.9. The van der Waals surface area contributed by atoms with E-state index in [1.807, 2.05) is 32.0 Å². The van der Waals surface area contributed by atoms with Gasteiger partial charge in [-0.2, -0.15) is 0 Å². The number of benzene rings is 2. The van der Waals surface area contributed by atoms with Gasteiger partial charge in [0.1, 0.15) is 17.3 Å². The van der Waals surface area contributed by atoms with E-state index in [1.54, 1.807) is 12.1 Å². The van der Waals surface area contributed by atoms with Crippen LogP contribution in [0.5, 0.6) is 0 Å². The van der Waals surface area contributed by atoms with Gasteiger partial charge in [-0.05, 0) is 55.3 Å². The van der Waals surface area contributed by atoms with Crippen LogP contribution in [0.15, 0.2) is 54.9 Å². The summed E-state index contributed by atoms with van der Waals surface area (Å²) in [7, 11) is 0. The lowest BCUT2D eigenvalue weighted by Crippen LogP contribution is -2.15. The summed E-state index contributed by atoms with van der Waals surface area (Å²) in [6, 6.07) is 11.6. The number of aromatic nitrogens is 2. The number of amides is 1. The van der Waals surface area contributed by atoms with Gasteiger partial charge in [-0.15, -0.1) is 0 Å². The number of rotatable bonds is 4. The number of hydrogen-bond acceptors (Lipinski definition) is 4. The maximum absolute atomic E-state index is 12.9. The van der Waals surface area contributed by atoms with Crippen LogP contribution in [0.25, 0.3) is 0 Å². The molecule has 0 saturated carbocycles. The van der Waals surface area contributed by atoms with Crippen LogP contribution in [-0.2, 0) is 0 Å². The van der Waals surface area contributed by atoms with Crippen LogP contribution in [0.2, 0.25) is 0 Å². The lowest BCUT2D eigenvalue weighted by Gasteiger charge is -2.10. The first-order valence-corrected chi connectivity index (χ1v) is 7.75. The van der Waals surface area contributed by atoms with E-state index < -0.39 is 0 Å². The highest BCUT2D eigenvalue weighted by molar-refractivity contribution is 6.03. The predicted molar refractivity (Wildman–Crippen MR) is 95.6 cm³/mol. The molecule has 126 valence electrons. The van der Waals surface area contributed by atoms with Gasteiger partial charge in [-0.1, -0.05) is 12.1 Å². The van der Waals surface area contributed by atoms with Gasteiger partial charge in [-0.25, -0.2) is 14.4 Å². The Kier molecular flexibility index (Phi) is 4.70. The molecule has 3 aromatic rings. The minimum atomic E-state index is -0.325. The Labute approximate surface area is 145 Å². The number of carbonyl (C=O) groups is 1. The van der Waals surface area contributed by atoms with Gasteiger partial charge in [0.05, 0.1) is 12.4 Å². The highest BCUT2D eigenvalue weighted by atomic mass is 19.1. The van der Waals surface area contributed by atoms with Crippen LogP contribution in [-0.4, -0.2) is 15.9 Å². The number of aryl methyl sites for hydroxylation is 1. The summed E-state index contributed by atoms with van der Waals surface area (Å²) >= 11 is 0. The molecule has 2 N–H and O–H groups in total. The molecule has 0 atom stereocenters. The van der Waals surface area contributed by atoms with Crippen LogP contribution in [0.1, 0.15) is 21.6 Å². The molecule has 25 heavy (non-hydrogen) atoms. The summed E-state index contributed by atoms with van der Waals surface area (Å²) in [6.45, 7) is 3.94. The van der Waals surface area contributed by atoms with Gasteiger partial charge in [0.15, 0.2) is 0 Å².